The Morgan fingerprint density at radius 1 is 1.06 bits per heavy atom. The number of nitrogens with one attached hydrogen (secondary N) is 1. The van der Waals surface area contributed by atoms with Crippen LogP contribution in [-0.2, 0) is 0 Å². The number of hydrogen-bond donors (Lipinski definition) is 2. The summed E-state index contributed by atoms with van der Waals surface area (Å²) in [5, 5.41) is 5.73. The Morgan fingerprint density at radius 3 is 2.39 bits per heavy atom. The Labute approximate surface area is 195 Å². The number of piperazine rings is 1. The SMILES string of the molecule is COc1ccc([N+](C)(c2nc(N)nc(NC3CCCCCC3)n2)N2CCN(C)CC2)cc1F. The molecule has 0 spiro atoms. The van der Waals surface area contributed by atoms with E-state index in [2.05, 4.69) is 32.2 Å². The van der Waals surface area contributed by atoms with Crippen molar-refractivity contribution in [2.45, 2.75) is 44.6 Å². The summed E-state index contributed by atoms with van der Waals surface area (Å²) in [6.07, 6.45) is 7.12. The van der Waals surface area contributed by atoms with Gasteiger partial charge >= 0.3 is 5.95 Å². The normalized spacial score (nSPS) is 20.7. The average Bonchev–Trinajstić information content (AvgIpc) is 3.07. The maximum absolute atomic E-state index is 14.8. The number of rotatable bonds is 6. The minimum Gasteiger partial charge on any atom is -0.494 e. The first-order valence-electron chi connectivity index (χ1n) is 11.8. The summed E-state index contributed by atoms with van der Waals surface area (Å²) in [6.45, 7) is 3.33. The Morgan fingerprint density at radius 2 is 1.76 bits per heavy atom. The number of hydrogen-bond acceptors (Lipinski definition) is 8. The number of likely N-dealkylation sites (N-methyl/N-ethyl adjacent to an activating group) is 1. The predicted molar refractivity (Wildman–Crippen MR) is 129 cm³/mol. The van der Waals surface area contributed by atoms with Crippen LogP contribution in [0.5, 0.6) is 5.75 Å². The Hall–Kier alpha value is -2.56. The average molecular weight is 460 g/mol. The molecule has 2 heterocycles. The van der Waals surface area contributed by atoms with Crippen molar-refractivity contribution in [2.24, 2.45) is 0 Å². The van der Waals surface area contributed by atoms with Crippen molar-refractivity contribution in [1.29, 1.82) is 0 Å². The van der Waals surface area contributed by atoms with Gasteiger partial charge in [0.25, 0.3) is 0 Å². The lowest BCUT2D eigenvalue weighted by Gasteiger charge is -2.43. The van der Waals surface area contributed by atoms with E-state index >= 15 is 0 Å². The molecular formula is C23H36FN8O+. The lowest BCUT2D eigenvalue weighted by atomic mass is 10.1. The molecule has 9 nitrogen and oxygen atoms in total. The fourth-order valence-electron chi connectivity index (χ4n) is 4.77. The van der Waals surface area contributed by atoms with Gasteiger partial charge in [-0.2, -0.15) is 4.98 Å². The van der Waals surface area contributed by atoms with Gasteiger partial charge in [0, 0.05) is 31.3 Å². The minimum atomic E-state index is -0.424. The molecule has 0 amide bonds. The van der Waals surface area contributed by atoms with Crippen LogP contribution in [0.25, 0.3) is 0 Å². The molecule has 1 aromatic carbocycles. The molecule has 1 saturated carbocycles. The Balaban J connectivity index is 1.73. The van der Waals surface area contributed by atoms with Crippen LogP contribution in [-0.4, -0.2) is 78.3 Å². The van der Waals surface area contributed by atoms with Crippen LogP contribution in [0.3, 0.4) is 0 Å². The number of nitrogens with two attached hydrogens (primary N) is 1. The zero-order valence-corrected chi connectivity index (χ0v) is 19.9. The largest absolute Gasteiger partial charge is 0.494 e. The summed E-state index contributed by atoms with van der Waals surface area (Å²) in [5.41, 5.74) is 6.86. The fourth-order valence-corrected chi connectivity index (χ4v) is 4.77. The lowest BCUT2D eigenvalue weighted by molar-refractivity contribution is 0.00966. The highest BCUT2D eigenvalue weighted by atomic mass is 19.1. The molecule has 10 heteroatoms. The molecule has 0 radical (unpaired) electrons. The van der Waals surface area contributed by atoms with Crippen molar-refractivity contribution in [1.82, 2.24) is 29.5 Å². The van der Waals surface area contributed by atoms with E-state index < -0.39 is 5.82 Å². The van der Waals surface area contributed by atoms with Gasteiger partial charge < -0.3 is 20.7 Å². The first kappa shape index (κ1) is 23.6. The zero-order valence-electron chi connectivity index (χ0n) is 19.9. The molecule has 2 fully saturated rings. The quantitative estimate of drug-likeness (QED) is 0.503. The van der Waals surface area contributed by atoms with Gasteiger partial charge in [-0.3, -0.25) is 0 Å². The van der Waals surface area contributed by atoms with E-state index in [1.165, 1.54) is 38.9 Å². The van der Waals surface area contributed by atoms with Crippen molar-refractivity contribution in [3.8, 4) is 5.75 Å². The second-order valence-electron chi connectivity index (χ2n) is 9.18. The number of anilines is 2. The predicted octanol–water partition coefficient (Wildman–Crippen LogP) is 3.17. The zero-order chi connectivity index (χ0) is 23.4. The Kier molecular flexibility index (Phi) is 7.26. The second-order valence-corrected chi connectivity index (χ2v) is 9.18. The molecule has 3 N–H and O–H groups in total. The maximum atomic E-state index is 14.8. The van der Waals surface area contributed by atoms with Gasteiger partial charge in [-0.1, -0.05) is 25.7 Å². The number of aromatic nitrogens is 3. The van der Waals surface area contributed by atoms with Gasteiger partial charge in [-0.05, 0) is 26.0 Å². The van der Waals surface area contributed by atoms with Crippen LogP contribution in [0.4, 0.5) is 27.9 Å². The second kappa shape index (κ2) is 10.1. The van der Waals surface area contributed by atoms with E-state index in [1.54, 1.807) is 6.07 Å². The monoisotopic (exact) mass is 459 g/mol. The van der Waals surface area contributed by atoms with Gasteiger partial charge in [0.2, 0.25) is 11.9 Å². The molecule has 1 saturated heterocycles. The molecule has 2 aliphatic rings. The molecule has 33 heavy (non-hydrogen) atoms. The summed E-state index contributed by atoms with van der Waals surface area (Å²) in [6, 6.07) is 5.32. The number of methoxy groups -OCH3 is 1. The summed E-state index contributed by atoms with van der Waals surface area (Å²) in [7, 11) is 5.55. The van der Waals surface area contributed by atoms with E-state index in [1.807, 2.05) is 13.1 Å². The fraction of sp³-hybridized carbons (Fsp3) is 0.609. The van der Waals surface area contributed by atoms with Crippen LogP contribution in [0.2, 0.25) is 0 Å². The first-order valence-corrected chi connectivity index (χ1v) is 11.8. The third-order valence-electron chi connectivity index (χ3n) is 6.90. The Bertz CT molecular complexity index is 944. The topological polar surface area (TPSA) is 92.4 Å². The molecular weight excluding hydrogens is 423 g/mol. The van der Waals surface area contributed by atoms with Crippen LogP contribution in [0, 0.1) is 5.82 Å². The van der Waals surface area contributed by atoms with Crippen molar-refractivity contribution in [2.75, 3.05) is 58.4 Å². The molecule has 1 aliphatic heterocycles. The molecule has 4 rings (SSSR count). The van der Waals surface area contributed by atoms with Crippen LogP contribution >= 0.6 is 0 Å². The highest BCUT2D eigenvalue weighted by Crippen LogP contribution is 2.36. The van der Waals surface area contributed by atoms with Crippen molar-refractivity contribution in [3.05, 3.63) is 24.0 Å². The number of quaternary nitrogens is 1. The molecule has 2 aromatic rings. The summed E-state index contributed by atoms with van der Waals surface area (Å²) in [5.74, 6) is 0.884. The highest BCUT2D eigenvalue weighted by molar-refractivity contribution is 5.55. The standard InChI is InChI=1S/C23H36FN8O/c1-30-12-14-31(15-13-30)32(2,18-10-11-20(33-3)19(24)16-18)23-28-21(25)27-22(29-23)26-17-8-6-4-5-7-9-17/h10-11,16-17H,4-9,12-15H2,1-3H3,(H3,25,26,27,28,29)/q+1. The van der Waals surface area contributed by atoms with E-state index in [9.17, 15) is 4.39 Å². The number of nitrogen functional groups attached to an aromatic ring is 1. The van der Waals surface area contributed by atoms with Crippen LogP contribution in [0.1, 0.15) is 38.5 Å². The van der Waals surface area contributed by atoms with Gasteiger partial charge in [-0.15, -0.1) is 19.6 Å². The minimum absolute atomic E-state index is 0.0980. The summed E-state index contributed by atoms with van der Waals surface area (Å²) >= 11 is 0. The number of ether oxygens (including phenoxy) is 1. The van der Waals surface area contributed by atoms with Crippen LogP contribution < -0.4 is 20.4 Å². The smallest absolute Gasteiger partial charge is 0.360 e. The number of halogens is 1. The van der Waals surface area contributed by atoms with Gasteiger partial charge in [-0.25, -0.2) is 4.39 Å². The van der Waals surface area contributed by atoms with Gasteiger partial charge in [0.05, 0.1) is 27.2 Å². The van der Waals surface area contributed by atoms with Crippen LogP contribution in [0.15, 0.2) is 18.2 Å². The highest BCUT2D eigenvalue weighted by Gasteiger charge is 2.42. The van der Waals surface area contributed by atoms with E-state index in [0.29, 0.717) is 23.6 Å². The number of benzene rings is 1. The first-order chi connectivity index (χ1) is 15.9. The van der Waals surface area contributed by atoms with Crippen molar-refractivity contribution in [3.63, 3.8) is 0 Å². The maximum Gasteiger partial charge on any atom is 0.360 e. The van der Waals surface area contributed by atoms with E-state index in [-0.39, 0.29) is 16.3 Å². The van der Waals surface area contributed by atoms with E-state index in [0.717, 1.165) is 39.0 Å². The third-order valence-corrected chi connectivity index (χ3v) is 6.90. The third kappa shape index (κ3) is 5.18. The molecule has 1 atom stereocenters. The molecule has 1 aromatic heterocycles. The summed E-state index contributed by atoms with van der Waals surface area (Å²) in [4.78, 5) is 16.0. The number of nitrogens with zero attached hydrogens (tertiary/aromatic N) is 6. The molecule has 1 unspecified atom stereocenters. The van der Waals surface area contributed by atoms with Gasteiger partial charge in [0.15, 0.2) is 17.3 Å². The van der Waals surface area contributed by atoms with E-state index in [4.69, 9.17) is 15.5 Å². The van der Waals surface area contributed by atoms with Gasteiger partial charge in [0.1, 0.15) is 0 Å². The molecule has 1 aliphatic carbocycles. The lowest BCUT2D eigenvalue weighted by Crippen LogP contribution is -2.61. The molecule has 180 valence electrons. The van der Waals surface area contributed by atoms with Crippen molar-refractivity contribution >= 4 is 23.5 Å². The van der Waals surface area contributed by atoms with Crippen molar-refractivity contribution < 1.29 is 9.13 Å². The molecule has 0 bridgehead atoms. The summed E-state index contributed by atoms with van der Waals surface area (Å²) < 4.78 is 20.0.